The number of ether oxygens (including phenoxy) is 1. The number of rotatable bonds is 4. The van der Waals surface area contributed by atoms with Crippen LogP contribution in [-0.4, -0.2) is 23.0 Å². The molecule has 0 fully saturated rings. The van der Waals surface area contributed by atoms with E-state index in [-0.39, 0.29) is 5.76 Å². The van der Waals surface area contributed by atoms with E-state index in [1.54, 1.807) is 25.1 Å². The fraction of sp³-hybridized carbons (Fsp3) is 0.214. The molecule has 0 unspecified atom stereocenters. The fourth-order valence-corrected chi connectivity index (χ4v) is 1.64. The van der Waals surface area contributed by atoms with Crippen molar-refractivity contribution in [2.75, 3.05) is 5.32 Å². The molecule has 2 rings (SSSR count). The van der Waals surface area contributed by atoms with Crippen LogP contribution >= 0.6 is 11.6 Å². The van der Waals surface area contributed by atoms with Crippen molar-refractivity contribution in [3.63, 3.8) is 0 Å². The van der Waals surface area contributed by atoms with Gasteiger partial charge in [-0.3, -0.25) is 4.79 Å². The lowest BCUT2D eigenvalue weighted by molar-refractivity contribution is -0.123. The van der Waals surface area contributed by atoms with E-state index in [0.717, 1.165) is 0 Å². The summed E-state index contributed by atoms with van der Waals surface area (Å²) in [7, 11) is 0. The Kier molecular flexibility index (Phi) is 4.59. The van der Waals surface area contributed by atoms with Gasteiger partial charge in [0, 0.05) is 11.8 Å². The van der Waals surface area contributed by atoms with Crippen molar-refractivity contribution in [2.24, 2.45) is 0 Å². The van der Waals surface area contributed by atoms with Gasteiger partial charge in [-0.05, 0) is 32.0 Å². The highest BCUT2D eigenvalue weighted by Gasteiger charge is 2.22. The molecule has 2 aromatic heterocycles. The Labute approximate surface area is 126 Å². The average molecular weight is 309 g/mol. The summed E-state index contributed by atoms with van der Waals surface area (Å²) in [6.45, 7) is 3.17. The summed E-state index contributed by atoms with van der Waals surface area (Å²) in [5.41, 5.74) is 0.645. The lowest BCUT2D eigenvalue weighted by atomic mass is 10.3. The Hall–Kier alpha value is -2.34. The molecule has 1 amide bonds. The Morgan fingerprint density at radius 1 is 1.38 bits per heavy atom. The van der Waals surface area contributed by atoms with Crippen LogP contribution in [0.1, 0.15) is 23.0 Å². The third-order valence-electron chi connectivity index (χ3n) is 2.68. The second-order valence-electron chi connectivity index (χ2n) is 4.33. The van der Waals surface area contributed by atoms with Gasteiger partial charge in [0.1, 0.15) is 5.82 Å². The van der Waals surface area contributed by atoms with E-state index in [1.807, 2.05) is 0 Å². The van der Waals surface area contributed by atoms with Crippen LogP contribution in [0.5, 0.6) is 0 Å². The van der Waals surface area contributed by atoms with Crippen molar-refractivity contribution in [1.29, 1.82) is 0 Å². The largest absolute Gasteiger partial charge is 0.457 e. The summed E-state index contributed by atoms with van der Waals surface area (Å²) >= 11 is 5.70. The van der Waals surface area contributed by atoms with E-state index in [4.69, 9.17) is 20.8 Å². The monoisotopic (exact) mass is 308 g/mol. The van der Waals surface area contributed by atoms with Crippen LogP contribution in [0.3, 0.4) is 0 Å². The Balaban J connectivity index is 1.95. The van der Waals surface area contributed by atoms with Crippen molar-refractivity contribution in [2.45, 2.75) is 20.0 Å². The van der Waals surface area contributed by atoms with Gasteiger partial charge in [-0.15, -0.1) is 0 Å². The van der Waals surface area contributed by atoms with Crippen LogP contribution in [0, 0.1) is 6.92 Å². The van der Waals surface area contributed by atoms with Crippen LogP contribution in [0.25, 0.3) is 0 Å². The van der Waals surface area contributed by atoms with E-state index < -0.39 is 18.0 Å². The third kappa shape index (κ3) is 3.82. The van der Waals surface area contributed by atoms with Crippen molar-refractivity contribution in [3.8, 4) is 0 Å². The van der Waals surface area contributed by atoms with E-state index in [9.17, 15) is 9.59 Å². The van der Waals surface area contributed by atoms with E-state index in [2.05, 4.69) is 10.3 Å². The van der Waals surface area contributed by atoms with E-state index in [0.29, 0.717) is 16.4 Å². The molecule has 0 aliphatic rings. The molecule has 0 spiro atoms. The zero-order chi connectivity index (χ0) is 15.4. The first-order valence-electron chi connectivity index (χ1n) is 6.15. The summed E-state index contributed by atoms with van der Waals surface area (Å²) in [5.74, 6) is -0.785. The highest BCUT2D eigenvalue weighted by Crippen LogP contribution is 2.13. The van der Waals surface area contributed by atoms with Gasteiger partial charge in [-0.2, -0.15) is 0 Å². The lowest BCUT2D eigenvalue weighted by Gasteiger charge is -2.12. The zero-order valence-corrected chi connectivity index (χ0v) is 12.2. The molecule has 0 saturated heterocycles. The molecule has 1 atom stereocenters. The first kappa shape index (κ1) is 15.1. The van der Waals surface area contributed by atoms with Crippen molar-refractivity contribution in [3.05, 3.63) is 47.0 Å². The molecule has 0 radical (unpaired) electrons. The number of pyridine rings is 1. The number of esters is 1. The summed E-state index contributed by atoms with van der Waals surface area (Å²) in [5, 5.41) is 2.98. The molecule has 7 heteroatoms. The molecule has 2 heterocycles. The molecule has 0 aliphatic heterocycles. The number of furan rings is 1. The molecule has 0 aliphatic carbocycles. The third-order valence-corrected chi connectivity index (χ3v) is 2.90. The summed E-state index contributed by atoms with van der Waals surface area (Å²) in [6.07, 6.45) is 1.80. The molecule has 21 heavy (non-hydrogen) atoms. The number of halogens is 1. The summed E-state index contributed by atoms with van der Waals surface area (Å²) < 4.78 is 10.0. The highest BCUT2D eigenvalue weighted by atomic mass is 35.5. The van der Waals surface area contributed by atoms with Gasteiger partial charge < -0.3 is 14.5 Å². The molecule has 0 aromatic carbocycles. The highest BCUT2D eigenvalue weighted by molar-refractivity contribution is 6.30. The second-order valence-corrected chi connectivity index (χ2v) is 4.77. The first-order valence-corrected chi connectivity index (χ1v) is 6.52. The summed E-state index contributed by atoms with van der Waals surface area (Å²) in [6, 6.07) is 4.78. The molecular formula is C14H13ClN2O4. The normalized spacial score (nSPS) is 11.8. The van der Waals surface area contributed by atoms with Crippen LogP contribution in [0.15, 0.2) is 35.1 Å². The standard InChI is InChI=1S/C14H13ClN2O4/c1-8-5-6-20-12(8)14(19)21-9(2)13(18)17-11-4-3-10(15)7-16-11/h3-7,9H,1-2H3,(H,16,17,18)/t9-/m0/s1. The van der Waals surface area contributed by atoms with Gasteiger partial charge in [-0.25, -0.2) is 9.78 Å². The lowest BCUT2D eigenvalue weighted by Crippen LogP contribution is -2.30. The maximum atomic E-state index is 11.9. The maximum absolute atomic E-state index is 11.9. The predicted molar refractivity (Wildman–Crippen MR) is 76.2 cm³/mol. The molecule has 1 N–H and O–H groups in total. The van der Waals surface area contributed by atoms with Crippen LogP contribution < -0.4 is 5.32 Å². The minimum absolute atomic E-state index is 0.0827. The van der Waals surface area contributed by atoms with E-state index >= 15 is 0 Å². The van der Waals surface area contributed by atoms with Gasteiger partial charge >= 0.3 is 5.97 Å². The number of anilines is 1. The number of nitrogens with one attached hydrogen (secondary N) is 1. The molecule has 2 aromatic rings. The number of aryl methyl sites for hydroxylation is 1. The maximum Gasteiger partial charge on any atom is 0.375 e. The van der Waals surface area contributed by atoms with Crippen LogP contribution in [0.4, 0.5) is 5.82 Å². The molecule has 110 valence electrons. The number of carbonyl (C=O) groups is 2. The van der Waals surface area contributed by atoms with Crippen LogP contribution in [-0.2, 0) is 9.53 Å². The predicted octanol–water partition coefficient (Wildman–Crippen LogP) is 2.82. The van der Waals surface area contributed by atoms with E-state index in [1.165, 1.54) is 19.4 Å². The van der Waals surface area contributed by atoms with Gasteiger partial charge in [0.15, 0.2) is 6.10 Å². The number of carbonyl (C=O) groups excluding carboxylic acids is 2. The van der Waals surface area contributed by atoms with Gasteiger partial charge in [0.05, 0.1) is 11.3 Å². The molecule has 6 nitrogen and oxygen atoms in total. The summed E-state index contributed by atoms with van der Waals surface area (Å²) in [4.78, 5) is 27.6. The second kappa shape index (κ2) is 6.41. The smallest absolute Gasteiger partial charge is 0.375 e. The fourth-order valence-electron chi connectivity index (χ4n) is 1.53. The number of hydrogen-bond donors (Lipinski definition) is 1. The molecule has 0 saturated carbocycles. The molecule has 0 bridgehead atoms. The Morgan fingerprint density at radius 3 is 2.71 bits per heavy atom. The Bertz CT molecular complexity index is 651. The topological polar surface area (TPSA) is 81.4 Å². The number of amides is 1. The first-order chi connectivity index (χ1) is 9.97. The quantitative estimate of drug-likeness (QED) is 0.878. The molecular weight excluding hydrogens is 296 g/mol. The van der Waals surface area contributed by atoms with Gasteiger partial charge in [0.25, 0.3) is 5.91 Å². The van der Waals surface area contributed by atoms with Crippen LogP contribution in [0.2, 0.25) is 5.02 Å². The van der Waals surface area contributed by atoms with Gasteiger partial charge in [0.2, 0.25) is 5.76 Å². The number of aromatic nitrogens is 1. The van der Waals surface area contributed by atoms with Crippen molar-refractivity contribution in [1.82, 2.24) is 4.98 Å². The number of hydrogen-bond acceptors (Lipinski definition) is 5. The van der Waals surface area contributed by atoms with Crippen molar-refractivity contribution >= 4 is 29.3 Å². The minimum Gasteiger partial charge on any atom is -0.457 e. The number of nitrogens with zero attached hydrogens (tertiary/aromatic N) is 1. The average Bonchev–Trinajstić information content (AvgIpc) is 2.87. The Morgan fingerprint density at radius 2 is 2.14 bits per heavy atom. The SMILES string of the molecule is Cc1ccoc1C(=O)O[C@@H](C)C(=O)Nc1ccc(Cl)cn1. The zero-order valence-electron chi connectivity index (χ0n) is 11.4. The van der Waals surface area contributed by atoms with Crippen molar-refractivity contribution < 1.29 is 18.7 Å². The minimum atomic E-state index is -0.987. The van der Waals surface area contributed by atoms with Gasteiger partial charge in [-0.1, -0.05) is 11.6 Å².